The molecule has 2 unspecified atom stereocenters. The molecular weight excluding hydrogens is 486 g/mol. The lowest BCUT2D eigenvalue weighted by molar-refractivity contribution is -0.161. The Morgan fingerprint density at radius 3 is 1.56 bits per heavy atom. The molecule has 0 bridgehead atoms. The minimum atomic E-state index is -0.319. The lowest BCUT2D eigenvalue weighted by atomic mass is 10.0. The maximum Gasteiger partial charge on any atom is 0.308 e. The fraction of sp³-hybridized carbons (Fsp3) is 0.941. The number of esters is 2. The van der Waals surface area contributed by atoms with Gasteiger partial charge in [0.05, 0.1) is 5.92 Å². The van der Waals surface area contributed by atoms with Crippen LogP contribution in [0.15, 0.2) is 0 Å². The molecule has 0 spiro atoms. The van der Waals surface area contributed by atoms with Crippen LogP contribution in [0.5, 0.6) is 0 Å². The van der Waals surface area contributed by atoms with Gasteiger partial charge in [-0.3, -0.25) is 9.59 Å². The standard InChI is InChI=1S/C34H67NO4/c1-6-8-10-12-14-15-16-17-18-19-20-22-26-31(3)34(37)38-30-32(27-23-21-13-11-9-7-2)39-33(36)28-24-25-29-35(4)5/h31-32H,6-30H2,1-5H3. The third-order valence-corrected chi connectivity index (χ3v) is 7.72. The number of hydrogen-bond acceptors (Lipinski definition) is 5. The minimum absolute atomic E-state index is 0.0930. The van der Waals surface area contributed by atoms with E-state index in [4.69, 9.17) is 9.47 Å². The van der Waals surface area contributed by atoms with Crippen molar-refractivity contribution >= 4 is 11.9 Å². The Hall–Kier alpha value is -1.10. The number of carbonyl (C=O) groups is 2. The molecule has 0 saturated heterocycles. The van der Waals surface area contributed by atoms with Crippen LogP contribution in [-0.2, 0) is 19.1 Å². The van der Waals surface area contributed by atoms with E-state index in [1.165, 1.54) is 96.3 Å². The first-order valence-corrected chi connectivity index (χ1v) is 16.9. The Bertz CT molecular complexity index is 551. The van der Waals surface area contributed by atoms with Crippen LogP contribution < -0.4 is 0 Å². The first kappa shape index (κ1) is 37.9. The monoisotopic (exact) mass is 554 g/mol. The van der Waals surface area contributed by atoms with E-state index >= 15 is 0 Å². The molecule has 0 aliphatic heterocycles. The molecule has 39 heavy (non-hydrogen) atoms. The van der Waals surface area contributed by atoms with Crippen LogP contribution in [0.2, 0.25) is 0 Å². The van der Waals surface area contributed by atoms with E-state index in [9.17, 15) is 9.59 Å². The number of nitrogens with zero attached hydrogens (tertiary/aromatic N) is 1. The van der Waals surface area contributed by atoms with E-state index in [0.717, 1.165) is 51.5 Å². The van der Waals surface area contributed by atoms with Crippen LogP contribution >= 0.6 is 0 Å². The lowest BCUT2D eigenvalue weighted by Gasteiger charge is -2.19. The maximum atomic E-state index is 12.6. The Kier molecular flexibility index (Phi) is 27.6. The Morgan fingerprint density at radius 1 is 0.615 bits per heavy atom. The fourth-order valence-electron chi connectivity index (χ4n) is 5.00. The van der Waals surface area contributed by atoms with Crippen LogP contribution in [-0.4, -0.2) is 50.2 Å². The van der Waals surface area contributed by atoms with Gasteiger partial charge in [-0.2, -0.15) is 0 Å². The van der Waals surface area contributed by atoms with Crippen LogP contribution in [0.4, 0.5) is 0 Å². The van der Waals surface area contributed by atoms with Crippen molar-refractivity contribution in [2.75, 3.05) is 27.2 Å². The topological polar surface area (TPSA) is 55.8 Å². The second kappa shape index (κ2) is 28.4. The summed E-state index contributed by atoms with van der Waals surface area (Å²) in [6, 6.07) is 0. The van der Waals surface area contributed by atoms with Crippen LogP contribution in [0, 0.1) is 5.92 Å². The molecule has 0 aromatic heterocycles. The molecule has 0 aromatic rings. The van der Waals surface area contributed by atoms with Crippen LogP contribution in [0.3, 0.4) is 0 Å². The average Bonchev–Trinajstić information content (AvgIpc) is 2.91. The SMILES string of the molecule is CCCCCCCCCCCCCCC(C)C(=O)OCC(CCCCCCCC)OC(=O)CCCCN(C)C. The van der Waals surface area contributed by atoms with Gasteiger partial charge in [-0.25, -0.2) is 0 Å². The minimum Gasteiger partial charge on any atom is -0.462 e. The van der Waals surface area contributed by atoms with E-state index in [1.54, 1.807) is 0 Å². The predicted molar refractivity (Wildman–Crippen MR) is 166 cm³/mol. The molecule has 0 aliphatic rings. The molecule has 0 aliphatic carbocycles. The van der Waals surface area contributed by atoms with Crippen molar-refractivity contribution in [3.05, 3.63) is 0 Å². The summed E-state index contributed by atoms with van der Waals surface area (Å²) in [5.74, 6) is -0.400. The summed E-state index contributed by atoms with van der Waals surface area (Å²) in [7, 11) is 4.09. The largest absolute Gasteiger partial charge is 0.462 e. The zero-order valence-corrected chi connectivity index (χ0v) is 26.9. The summed E-state index contributed by atoms with van der Waals surface area (Å²) in [6.07, 6.45) is 26.6. The van der Waals surface area contributed by atoms with Crippen molar-refractivity contribution in [3.8, 4) is 0 Å². The Morgan fingerprint density at radius 2 is 1.08 bits per heavy atom. The summed E-state index contributed by atoms with van der Waals surface area (Å²) in [5.41, 5.74) is 0. The summed E-state index contributed by atoms with van der Waals surface area (Å²) >= 11 is 0. The highest BCUT2D eigenvalue weighted by molar-refractivity contribution is 5.72. The van der Waals surface area contributed by atoms with Gasteiger partial charge in [-0.05, 0) is 52.7 Å². The predicted octanol–water partition coefficient (Wildman–Crippen LogP) is 9.65. The molecule has 0 fully saturated rings. The Labute approximate surface area is 243 Å². The normalized spacial score (nSPS) is 13.0. The van der Waals surface area contributed by atoms with E-state index < -0.39 is 0 Å². The molecule has 0 radical (unpaired) electrons. The highest BCUT2D eigenvalue weighted by Gasteiger charge is 2.20. The smallest absolute Gasteiger partial charge is 0.308 e. The van der Waals surface area contributed by atoms with Crippen molar-refractivity contribution < 1.29 is 19.1 Å². The average molecular weight is 554 g/mol. The summed E-state index contributed by atoms with van der Waals surface area (Å²) in [4.78, 5) is 27.2. The molecule has 0 aromatic carbocycles. The summed E-state index contributed by atoms with van der Waals surface area (Å²) < 4.78 is 11.4. The molecule has 0 N–H and O–H groups in total. The number of ether oxygens (including phenoxy) is 2. The van der Waals surface area contributed by atoms with Gasteiger partial charge in [0, 0.05) is 6.42 Å². The van der Waals surface area contributed by atoms with Gasteiger partial charge < -0.3 is 14.4 Å². The molecule has 5 heteroatoms. The highest BCUT2D eigenvalue weighted by atomic mass is 16.6. The molecule has 2 atom stereocenters. The van der Waals surface area contributed by atoms with Crippen molar-refractivity contribution in [2.45, 2.75) is 175 Å². The van der Waals surface area contributed by atoms with Gasteiger partial charge in [-0.1, -0.05) is 130 Å². The zero-order chi connectivity index (χ0) is 29.0. The molecule has 0 amide bonds. The van der Waals surface area contributed by atoms with Crippen molar-refractivity contribution in [1.82, 2.24) is 4.90 Å². The van der Waals surface area contributed by atoms with E-state index in [1.807, 2.05) is 21.0 Å². The van der Waals surface area contributed by atoms with Gasteiger partial charge in [0.1, 0.15) is 12.7 Å². The van der Waals surface area contributed by atoms with Crippen molar-refractivity contribution in [1.29, 1.82) is 0 Å². The third kappa shape index (κ3) is 26.9. The van der Waals surface area contributed by atoms with Crippen LogP contribution in [0.25, 0.3) is 0 Å². The van der Waals surface area contributed by atoms with Crippen molar-refractivity contribution in [3.63, 3.8) is 0 Å². The number of hydrogen-bond donors (Lipinski definition) is 0. The van der Waals surface area contributed by atoms with Gasteiger partial charge in [0.2, 0.25) is 0 Å². The lowest BCUT2D eigenvalue weighted by Crippen LogP contribution is -2.27. The molecular formula is C34H67NO4. The fourth-order valence-corrected chi connectivity index (χ4v) is 5.00. The molecule has 0 heterocycles. The van der Waals surface area contributed by atoms with Gasteiger partial charge >= 0.3 is 11.9 Å². The second-order valence-electron chi connectivity index (χ2n) is 12.1. The van der Waals surface area contributed by atoms with Gasteiger partial charge in [0.15, 0.2) is 0 Å². The molecule has 232 valence electrons. The van der Waals surface area contributed by atoms with E-state index in [-0.39, 0.29) is 30.6 Å². The van der Waals surface area contributed by atoms with Gasteiger partial charge in [0.25, 0.3) is 0 Å². The van der Waals surface area contributed by atoms with Crippen molar-refractivity contribution in [2.24, 2.45) is 5.92 Å². The molecule has 0 saturated carbocycles. The highest BCUT2D eigenvalue weighted by Crippen LogP contribution is 2.17. The third-order valence-electron chi connectivity index (χ3n) is 7.72. The summed E-state index contributed by atoms with van der Waals surface area (Å²) in [6.45, 7) is 7.64. The quantitative estimate of drug-likeness (QED) is 0.0681. The first-order chi connectivity index (χ1) is 18.9. The Balaban J connectivity index is 4.15. The summed E-state index contributed by atoms with van der Waals surface area (Å²) in [5, 5.41) is 0. The molecule has 5 nitrogen and oxygen atoms in total. The molecule has 0 rings (SSSR count). The maximum absolute atomic E-state index is 12.6. The van der Waals surface area contributed by atoms with E-state index in [2.05, 4.69) is 18.7 Å². The first-order valence-electron chi connectivity index (χ1n) is 16.9. The van der Waals surface area contributed by atoms with E-state index in [0.29, 0.717) is 6.42 Å². The van der Waals surface area contributed by atoms with Gasteiger partial charge in [-0.15, -0.1) is 0 Å². The van der Waals surface area contributed by atoms with Crippen LogP contribution in [0.1, 0.15) is 168 Å². The number of unbranched alkanes of at least 4 members (excludes halogenated alkanes) is 17. The number of carbonyl (C=O) groups excluding carboxylic acids is 2. The second-order valence-corrected chi connectivity index (χ2v) is 12.1. The number of rotatable bonds is 29. The zero-order valence-electron chi connectivity index (χ0n) is 26.9.